The minimum atomic E-state index is -0.588. The standard InChI is InChI=1S/C22H17N3O5/c1-14-10-17(25(27)28)6-8-20(14)21-9-7-19(30-21)11-15(13-23)22(26)24-16-4-3-5-18(12-16)29-2/h3-12H,1-2H3,(H,24,26)/b15-11+. The molecular formula is C22H17N3O5. The van der Waals surface area contributed by atoms with Crippen molar-refractivity contribution < 1.29 is 18.9 Å². The summed E-state index contributed by atoms with van der Waals surface area (Å²) in [6.45, 7) is 1.74. The van der Waals surface area contributed by atoms with E-state index >= 15 is 0 Å². The molecule has 0 saturated heterocycles. The van der Waals surface area contributed by atoms with Crippen molar-refractivity contribution >= 4 is 23.4 Å². The first-order chi connectivity index (χ1) is 14.4. The molecule has 0 aliphatic rings. The normalized spacial score (nSPS) is 10.9. The number of furan rings is 1. The van der Waals surface area contributed by atoms with Crippen molar-refractivity contribution in [3.05, 3.63) is 81.6 Å². The van der Waals surface area contributed by atoms with Crippen molar-refractivity contribution in [1.82, 2.24) is 0 Å². The first kappa shape index (κ1) is 20.4. The molecule has 0 radical (unpaired) electrons. The number of nitro benzene ring substituents is 1. The van der Waals surface area contributed by atoms with Crippen LogP contribution in [0.5, 0.6) is 5.75 Å². The first-order valence-corrected chi connectivity index (χ1v) is 8.83. The van der Waals surface area contributed by atoms with Crippen molar-refractivity contribution in [2.75, 3.05) is 12.4 Å². The number of carbonyl (C=O) groups excluding carboxylic acids is 1. The molecule has 0 aliphatic heterocycles. The number of hydrogen-bond acceptors (Lipinski definition) is 6. The molecule has 150 valence electrons. The maximum Gasteiger partial charge on any atom is 0.269 e. The van der Waals surface area contributed by atoms with Gasteiger partial charge in [0.15, 0.2) is 0 Å². The molecule has 0 fully saturated rings. The molecule has 8 heteroatoms. The summed E-state index contributed by atoms with van der Waals surface area (Å²) < 4.78 is 10.8. The van der Waals surface area contributed by atoms with Gasteiger partial charge in [0.1, 0.15) is 28.9 Å². The predicted molar refractivity (Wildman–Crippen MR) is 111 cm³/mol. The third-order valence-electron chi connectivity index (χ3n) is 4.29. The quantitative estimate of drug-likeness (QED) is 0.275. The molecule has 30 heavy (non-hydrogen) atoms. The fourth-order valence-corrected chi connectivity index (χ4v) is 2.80. The first-order valence-electron chi connectivity index (χ1n) is 8.83. The van der Waals surface area contributed by atoms with Gasteiger partial charge >= 0.3 is 0 Å². The van der Waals surface area contributed by atoms with Crippen LogP contribution < -0.4 is 10.1 Å². The van der Waals surface area contributed by atoms with Gasteiger partial charge in [0.25, 0.3) is 11.6 Å². The highest BCUT2D eigenvalue weighted by molar-refractivity contribution is 6.09. The Morgan fingerprint density at radius 3 is 2.70 bits per heavy atom. The van der Waals surface area contributed by atoms with E-state index in [4.69, 9.17) is 9.15 Å². The molecule has 0 spiro atoms. The molecule has 1 amide bonds. The molecule has 1 heterocycles. The number of nitrogens with zero attached hydrogens (tertiary/aromatic N) is 2. The Morgan fingerprint density at radius 2 is 2.03 bits per heavy atom. The number of ether oxygens (including phenoxy) is 1. The Morgan fingerprint density at radius 1 is 1.23 bits per heavy atom. The molecular weight excluding hydrogens is 386 g/mol. The SMILES string of the molecule is COc1cccc(NC(=O)/C(C#N)=C/c2ccc(-c3ccc([N+](=O)[O-])cc3C)o2)c1. The van der Waals surface area contributed by atoms with Gasteiger partial charge in [0, 0.05) is 35.5 Å². The summed E-state index contributed by atoms with van der Waals surface area (Å²) >= 11 is 0. The fourth-order valence-electron chi connectivity index (χ4n) is 2.80. The average molecular weight is 403 g/mol. The Balaban J connectivity index is 1.82. The van der Waals surface area contributed by atoms with Crippen LogP contribution in [-0.4, -0.2) is 17.9 Å². The van der Waals surface area contributed by atoms with Gasteiger partial charge in [0.2, 0.25) is 0 Å². The van der Waals surface area contributed by atoms with Crippen LogP contribution in [0.4, 0.5) is 11.4 Å². The second-order valence-electron chi connectivity index (χ2n) is 6.31. The van der Waals surface area contributed by atoms with Crippen molar-refractivity contribution in [3.8, 4) is 23.1 Å². The van der Waals surface area contributed by atoms with Gasteiger partial charge in [-0.05, 0) is 42.8 Å². The number of amides is 1. The molecule has 0 atom stereocenters. The molecule has 0 aliphatic carbocycles. The summed E-state index contributed by atoms with van der Waals surface area (Å²) in [5.74, 6) is 0.763. The van der Waals surface area contributed by atoms with Gasteiger partial charge in [-0.3, -0.25) is 14.9 Å². The van der Waals surface area contributed by atoms with E-state index in [0.29, 0.717) is 34.1 Å². The molecule has 2 aromatic carbocycles. The van der Waals surface area contributed by atoms with Crippen molar-refractivity contribution in [2.45, 2.75) is 6.92 Å². The zero-order chi connectivity index (χ0) is 21.7. The molecule has 3 rings (SSSR count). The number of aryl methyl sites for hydroxylation is 1. The van der Waals surface area contributed by atoms with E-state index in [0.717, 1.165) is 0 Å². The second kappa shape index (κ2) is 8.75. The predicted octanol–water partition coefficient (Wildman–Crippen LogP) is 4.72. The molecule has 1 aromatic heterocycles. The highest BCUT2D eigenvalue weighted by Crippen LogP contribution is 2.29. The lowest BCUT2D eigenvalue weighted by Gasteiger charge is -2.06. The summed E-state index contributed by atoms with van der Waals surface area (Å²) in [7, 11) is 1.52. The summed E-state index contributed by atoms with van der Waals surface area (Å²) in [6, 6.07) is 16.4. The van der Waals surface area contributed by atoms with Crippen LogP contribution in [0.1, 0.15) is 11.3 Å². The highest BCUT2D eigenvalue weighted by Gasteiger charge is 2.14. The number of nitrogens with one attached hydrogen (secondary N) is 1. The van der Waals surface area contributed by atoms with Crippen LogP contribution in [0.25, 0.3) is 17.4 Å². The van der Waals surface area contributed by atoms with Gasteiger partial charge < -0.3 is 14.5 Å². The Bertz CT molecular complexity index is 1190. The summed E-state index contributed by atoms with van der Waals surface area (Å²) in [6.07, 6.45) is 1.33. The van der Waals surface area contributed by atoms with E-state index in [9.17, 15) is 20.2 Å². The Hall–Kier alpha value is -4.38. The molecule has 0 bridgehead atoms. The number of nitro groups is 1. The number of methoxy groups -OCH3 is 1. The zero-order valence-corrected chi connectivity index (χ0v) is 16.2. The van der Waals surface area contributed by atoms with Crippen LogP contribution in [0, 0.1) is 28.4 Å². The maximum atomic E-state index is 12.4. The molecule has 3 aromatic rings. The lowest BCUT2D eigenvalue weighted by Crippen LogP contribution is -2.13. The van der Waals surface area contributed by atoms with Crippen LogP contribution >= 0.6 is 0 Å². The van der Waals surface area contributed by atoms with Crippen LogP contribution in [0.3, 0.4) is 0 Å². The molecule has 1 N–H and O–H groups in total. The maximum absolute atomic E-state index is 12.4. The summed E-state index contributed by atoms with van der Waals surface area (Å²) in [4.78, 5) is 22.9. The van der Waals surface area contributed by atoms with E-state index in [1.54, 1.807) is 49.4 Å². The number of nitriles is 1. The zero-order valence-electron chi connectivity index (χ0n) is 16.2. The van der Waals surface area contributed by atoms with Crippen molar-refractivity contribution in [2.24, 2.45) is 0 Å². The largest absolute Gasteiger partial charge is 0.497 e. The summed E-state index contributed by atoms with van der Waals surface area (Å²) in [5.41, 5.74) is 1.69. The molecule has 0 saturated carbocycles. The molecule has 0 unspecified atom stereocenters. The van der Waals surface area contributed by atoms with Crippen LogP contribution in [0.2, 0.25) is 0 Å². The number of anilines is 1. The molecule has 8 nitrogen and oxygen atoms in total. The number of non-ortho nitro benzene ring substituents is 1. The van der Waals surface area contributed by atoms with Crippen LogP contribution in [-0.2, 0) is 4.79 Å². The highest BCUT2D eigenvalue weighted by atomic mass is 16.6. The minimum absolute atomic E-state index is 0.0103. The van der Waals surface area contributed by atoms with Gasteiger partial charge in [0.05, 0.1) is 12.0 Å². The number of rotatable bonds is 6. The van der Waals surface area contributed by atoms with Gasteiger partial charge in [-0.2, -0.15) is 5.26 Å². The van der Waals surface area contributed by atoms with E-state index in [-0.39, 0.29) is 11.3 Å². The van der Waals surface area contributed by atoms with E-state index in [1.807, 2.05) is 6.07 Å². The lowest BCUT2D eigenvalue weighted by molar-refractivity contribution is -0.384. The number of hydrogen-bond donors (Lipinski definition) is 1. The third kappa shape index (κ3) is 4.54. The Kier molecular flexibility index (Phi) is 5.94. The van der Waals surface area contributed by atoms with E-state index in [1.165, 1.54) is 25.3 Å². The monoisotopic (exact) mass is 403 g/mol. The Labute approximate surface area is 172 Å². The lowest BCUT2D eigenvalue weighted by atomic mass is 10.1. The number of benzene rings is 2. The second-order valence-corrected chi connectivity index (χ2v) is 6.31. The van der Waals surface area contributed by atoms with E-state index < -0.39 is 10.8 Å². The summed E-state index contributed by atoms with van der Waals surface area (Å²) in [5, 5.41) is 22.9. The van der Waals surface area contributed by atoms with E-state index in [2.05, 4.69) is 5.32 Å². The smallest absolute Gasteiger partial charge is 0.269 e. The fraction of sp³-hybridized carbons (Fsp3) is 0.0909. The van der Waals surface area contributed by atoms with Crippen molar-refractivity contribution in [1.29, 1.82) is 5.26 Å². The number of carbonyl (C=O) groups is 1. The average Bonchev–Trinajstić information content (AvgIpc) is 3.20. The van der Waals surface area contributed by atoms with Gasteiger partial charge in [-0.1, -0.05) is 6.07 Å². The third-order valence-corrected chi connectivity index (χ3v) is 4.29. The van der Waals surface area contributed by atoms with Gasteiger partial charge in [-0.25, -0.2) is 0 Å². The topological polar surface area (TPSA) is 118 Å². The van der Waals surface area contributed by atoms with Gasteiger partial charge in [-0.15, -0.1) is 0 Å². The minimum Gasteiger partial charge on any atom is -0.497 e. The van der Waals surface area contributed by atoms with Crippen molar-refractivity contribution in [3.63, 3.8) is 0 Å². The van der Waals surface area contributed by atoms with Crippen LogP contribution in [0.15, 0.2) is 64.6 Å².